The first-order valence-corrected chi connectivity index (χ1v) is 11.9. The van der Waals surface area contributed by atoms with Gasteiger partial charge in [0.2, 0.25) is 5.91 Å². The third kappa shape index (κ3) is 3.99. The monoisotopic (exact) mass is 540 g/mol. The smallest absolute Gasteiger partial charge is 0.382 e. The summed E-state index contributed by atoms with van der Waals surface area (Å²) in [6.45, 7) is -0.0686. The number of amides is 2. The molecule has 6 rings (SSSR count). The number of fused-ring (bicyclic) bond motifs is 4. The maximum atomic E-state index is 15.3. The van der Waals surface area contributed by atoms with Gasteiger partial charge in [0, 0.05) is 26.1 Å². The molecule has 0 bridgehead atoms. The minimum atomic E-state index is -4.55. The van der Waals surface area contributed by atoms with E-state index in [1.807, 2.05) is 0 Å². The van der Waals surface area contributed by atoms with Crippen LogP contribution in [0.4, 0.5) is 23.4 Å². The summed E-state index contributed by atoms with van der Waals surface area (Å²) < 4.78 is 58.2. The highest BCUT2D eigenvalue weighted by molar-refractivity contribution is 5.99. The molecule has 2 aromatic carbocycles. The molecule has 1 fully saturated rings. The predicted octanol–water partition coefficient (Wildman–Crippen LogP) is 3.69. The lowest BCUT2D eigenvalue weighted by molar-refractivity contribution is -0.140. The summed E-state index contributed by atoms with van der Waals surface area (Å²) in [7, 11) is 1.59. The number of carbonyl (C=O) groups excluding carboxylic acids is 2. The van der Waals surface area contributed by atoms with Gasteiger partial charge in [0.05, 0.1) is 45.7 Å². The number of nitrogens with two attached hydrogens (primary N) is 1. The average Bonchev–Trinajstić information content (AvgIpc) is 3.61. The Morgan fingerprint density at radius 1 is 1.10 bits per heavy atom. The molecule has 1 saturated heterocycles. The highest BCUT2D eigenvalue weighted by atomic mass is 19.4. The van der Waals surface area contributed by atoms with Gasteiger partial charge in [-0.15, -0.1) is 0 Å². The van der Waals surface area contributed by atoms with Gasteiger partial charge in [-0.25, -0.2) is 24.4 Å². The van der Waals surface area contributed by atoms with E-state index in [0.717, 1.165) is 23.2 Å². The number of imidazole rings is 2. The SMILES string of the molecule is Cn1c(CN(C(=O)c2cc3c(cc2F)nc(N)c2cncn23)N2CCCC2=O)nc2cc(C(F)(F)F)ccc21. The Morgan fingerprint density at radius 2 is 1.87 bits per heavy atom. The van der Waals surface area contributed by atoms with Crippen LogP contribution in [0.3, 0.4) is 0 Å². The molecule has 1 aliphatic heterocycles. The van der Waals surface area contributed by atoms with Crippen LogP contribution in [-0.4, -0.2) is 52.3 Å². The van der Waals surface area contributed by atoms with Crippen LogP contribution in [0.15, 0.2) is 42.9 Å². The number of alkyl halides is 3. The second kappa shape index (κ2) is 8.64. The maximum absolute atomic E-state index is 15.3. The fourth-order valence-corrected chi connectivity index (χ4v) is 4.86. The third-order valence-electron chi connectivity index (χ3n) is 6.86. The number of hydrogen-bond acceptors (Lipinski definition) is 6. The lowest BCUT2D eigenvalue weighted by atomic mass is 10.1. The lowest BCUT2D eigenvalue weighted by Gasteiger charge is -2.31. The van der Waals surface area contributed by atoms with Gasteiger partial charge >= 0.3 is 6.18 Å². The molecular formula is C25H20F4N8O2. The van der Waals surface area contributed by atoms with E-state index >= 15 is 4.39 Å². The highest BCUT2D eigenvalue weighted by Crippen LogP contribution is 2.32. The highest BCUT2D eigenvalue weighted by Gasteiger charge is 2.34. The van der Waals surface area contributed by atoms with Crippen LogP contribution in [0.5, 0.6) is 0 Å². The molecule has 1 aliphatic rings. The van der Waals surface area contributed by atoms with Gasteiger partial charge in [-0.05, 0) is 30.7 Å². The van der Waals surface area contributed by atoms with E-state index in [4.69, 9.17) is 5.73 Å². The molecular weight excluding hydrogens is 520 g/mol. The number of benzene rings is 2. The second-order valence-corrected chi connectivity index (χ2v) is 9.24. The molecule has 14 heteroatoms. The second-order valence-electron chi connectivity index (χ2n) is 9.24. The lowest BCUT2D eigenvalue weighted by Crippen LogP contribution is -2.47. The number of anilines is 1. The van der Waals surface area contributed by atoms with Crippen molar-refractivity contribution >= 4 is 45.2 Å². The van der Waals surface area contributed by atoms with Gasteiger partial charge in [-0.1, -0.05) is 0 Å². The molecule has 5 aromatic rings. The van der Waals surface area contributed by atoms with E-state index in [2.05, 4.69) is 15.0 Å². The van der Waals surface area contributed by atoms with E-state index in [1.54, 1.807) is 11.4 Å². The summed E-state index contributed by atoms with van der Waals surface area (Å²) in [5, 5.41) is 2.31. The summed E-state index contributed by atoms with van der Waals surface area (Å²) in [5.41, 5.74) is 6.27. The minimum absolute atomic E-state index is 0.0746. The maximum Gasteiger partial charge on any atom is 0.416 e. The number of carbonyl (C=O) groups is 2. The predicted molar refractivity (Wildman–Crippen MR) is 131 cm³/mol. The molecule has 2 N–H and O–H groups in total. The minimum Gasteiger partial charge on any atom is -0.382 e. The topological polar surface area (TPSA) is 115 Å². The Balaban J connectivity index is 1.45. The first kappa shape index (κ1) is 24.6. The molecule has 0 aliphatic carbocycles. The standard InChI is InChI=1S/C25H20F4N8O2/c1-34-18-5-4-13(25(27,28)29)7-16(18)32-21(34)11-37(36-6-2-3-22(36)38)24(39)14-8-19-17(9-15(14)26)33-23(30)20-10-31-12-35(19)20/h4-5,7-10,12H,2-3,6,11H2,1H3,(H2,30,33). The zero-order chi connectivity index (χ0) is 27.6. The van der Waals surface area contributed by atoms with Crippen molar-refractivity contribution in [1.82, 2.24) is 33.9 Å². The quantitative estimate of drug-likeness (QED) is 0.348. The van der Waals surface area contributed by atoms with E-state index in [-0.39, 0.29) is 53.7 Å². The Kier molecular flexibility index (Phi) is 5.45. The van der Waals surface area contributed by atoms with Gasteiger partial charge in [0.15, 0.2) is 0 Å². The van der Waals surface area contributed by atoms with Gasteiger partial charge in [0.1, 0.15) is 29.5 Å². The Morgan fingerprint density at radius 3 is 2.59 bits per heavy atom. The normalized spacial score (nSPS) is 14.3. The van der Waals surface area contributed by atoms with Gasteiger partial charge < -0.3 is 10.3 Å². The average molecular weight is 540 g/mol. The number of aryl methyl sites for hydroxylation is 1. The molecule has 39 heavy (non-hydrogen) atoms. The molecule has 2 amide bonds. The van der Waals surface area contributed by atoms with E-state index in [1.165, 1.54) is 34.2 Å². The number of nitrogen functional groups attached to an aromatic ring is 1. The van der Waals surface area contributed by atoms with Gasteiger partial charge in [0.25, 0.3) is 5.91 Å². The van der Waals surface area contributed by atoms with Crippen molar-refractivity contribution in [2.45, 2.75) is 25.6 Å². The summed E-state index contributed by atoms with van der Waals surface area (Å²) in [4.78, 5) is 39.1. The van der Waals surface area contributed by atoms with Crippen LogP contribution < -0.4 is 5.73 Å². The van der Waals surface area contributed by atoms with Crippen LogP contribution >= 0.6 is 0 Å². The van der Waals surface area contributed by atoms with Crippen molar-refractivity contribution in [3.05, 3.63) is 65.6 Å². The largest absolute Gasteiger partial charge is 0.416 e. The number of nitrogens with zero attached hydrogens (tertiary/aromatic N) is 7. The van der Waals surface area contributed by atoms with Crippen molar-refractivity contribution in [2.24, 2.45) is 7.05 Å². The van der Waals surface area contributed by atoms with Crippen molar-refractivity contribution in [1.29, 1.82) is 0 Å². The first-order chi connectivity index (χ1) is 18.5. The molecule has 10 nitrogen and oxygen atoms in total. The fourth-order valence-electron chi connectivity index (χ4n) is 4.86. The number of hydrogen-bond donors (Lipinski definition) is 1. The molecule has 0 saturated carbocycles. The van der Waals surface area contributed by atoms with Crippen molar-refractivity contribution in [3.8, 4) is 0 Å². The van der Waals surface area contributed by atoms with Crippen molar-refractivity contribution in [3.63, 3.8) is 0 Å². The van der Waals surface area contributed by atoms with Crippen molar-refractivity contribution < 1.29 is 27.2 Å². The van der Waals surface area contributed by atoms with E-state index < -0.39 is 23.5 Å². The van der Waals surface area contributed by atoms with Crippen LogP contribution in [-0.2, 0) is 24.6 Å². The van der Waals surface area contributed by atoms with Crippen LogP contribution in [0.25, 0.3) is 27.6 Å². The zero-order valence-electron chi connectivity index (χ0n) is 20.4. The molecule has 0 radical (unpaired) electrons. The van der Waals surface area contributed by atoms with Gasteiger partial charge in [-0.2, -0.15) is 13.2 Å². The van der Waals surface area contributed by atoms with Crippen molar-refractivity contribution in [2.75, 3.05) is 12.3 Å². The molecule has 0 unspecified atom stereocenters. The number of halogens is 4. The Labute approximate surface area is 217 Å². The van der Waals surface area contributed by atoms with E-state index in [9.17, 15) is 22.8 Å². The third-order valence-corrected chi connectivity index (χ3v) is 6.86. The number of rotatable bonds is 4. The van der Waals surface area contributed by atoms with Crippen LogP contribution in [0.1, 0.15) is 34.6 Å². The van der Waals surface area contributed by atoms with E-state index in [0.29, 0.717) is 23.0 Å². The summed E-state index contributed by atoms with van der Waals surface area (Å²) in [5.74, 6) is -1.69. The zero-order valence-corrected chi connectivity index (χ0v) is 20.4. The van der Waals surface area contributed by atoms with Crippen LogP contribution in [0, 0.1) is 5.82 Å². The molecule has 3 aromatic heterocycles. The summed E-state index contributed by atoms with van der Waals surface area (Å²) >= 11 is 0. The Hall–Kier alpha value is -4.75. The molecule has 0 spiro atoms. The van der Waals surface area contributed by atoms with Gasteiger partial charge in [-0.3, -0.25) is 19.0 Å². The summed E-state index contributed by atoms with van der Waals surface area (Å²) in [6.07, 6.45) is -0.931. The Bertz CT molecular complexity index is 1810. The molecule has 4 heterocycles. The summed E-state index contributed by atoms with van der Waals surface area (Å²) in [6, 6.07) is 5.55. The molecule has 0 atom stereocenters. The van der Waals surface area contributed by atoms with Crippen LogP contribution in [0.2, 0.25) is 0 Å². The fraction of sp³-hybridized carbons (Fsp3) is 0.240. The molecule has 200 valence electrons. The number of hydrazine groups is 1. The number of aromatic nitrogens is 5. The first-order valence-electron chi connectivity index (χ1n) is 11.9.